The summed E-state index contributed by atoms with van der Waals surface area (Å²) in [4.78, 5) is 13.5. The average Bonchev–Trinajstić information content (AvgIpc) is 3.53. The lowest BCUT2D eigenvalue weighted by Gasteiger charge is -2.34. The van der Waals surface area contributed by atoms with Crippen molar-refractivity contribution in [2.75, 3.05) is 5.32 Å². The zero-order valence-corrected chi connectivity index (χ0v) is 18.3. The van der Waals surface area contributed by atoms with Crippen LogP contribution < -0.4 is 5.32 Å². The Morgan fingerprint density at radius 3 is 1.85 bits per heavy atom. The lowest BCUT2D eigenvalue weighted by molar-refractivity contribution is -0.115. The molecule has 2 heterocycles. The maximum Gasteiger partial charge on any atom is 0.228 e. The Balaban J connectivity index is 1.58. The van der Waals surface area contributed by atoms with Crippen LogP contribution in [-0.2, 0) is 16.8 Å². The molecule has 0 radical (unpaired) electrons. The van der Waals surface area contributed by atoms with Crippen molar-refractivity contribution in [3.8, 4) is 11.4 Å². The van der Waals surface area contributed by atoms with Crippen molar-refractivity contribution in [3.63, 3.8) is 0 Å². The minimum Gasteiger partial charge on any atom is -0.326 e. The van der Waals surface area contributed by atoms with Gasteiger partial charge in [-0.1, -0.05) is 91.0 Å². The SMILES string of the molecule is O=C1Cc2cc(-c3nnn(C(c4ccccc4)(c4ccccc4)c4ccccc4)n3)ccc2N1. The number of rotatable bonds is 5. The van der Waals surface area contributed by atoms with Crippen LogP contribution in [0.5, 0.6) is 0 Å². The molecule has 0 saturated heterocycles. The van der Waals surface area contributed by atoms with Crippen molar-refractivity contribution in [3.05, 3.63) is 131 Å². The third-order valence-corrected chi connectivity index (χ3v) is 6.28. The summed E-state index contributed by atoms with van der Waals surface area (Å²) in [5.41, 5.74) is 4.88. The highest BCUT2D eigenvalue weighted by molar-refractivity contribution is 5.99. The summed E-state index contributed by atoms with van der Waals surface area (Å²) in [6.07, 6.45) is 0.360. The predicted molar refractivity (Wildman–Crippen MR) is 130 cm³/mol. The van der Waals surface area contributed by atoms with E-state index in [1.807, 2.05) is 72.8 Å². The van der Waals surface area contributed by atoms with Crippen LogP contribution in [0.4, 0.5) is 5.69 Å². The molecule has 1 N–H and O–H groups in total. The molecular weight excluding hydrogens is 422 g/mol. The zero-order valence-electron chi connectivity index (χ0n) is 18.3. The van der Waals surface area contributed by atoms with Crippen molar-refractivity contribution < 1.29 is 4.79 Å². The van der Waals surface area contributed by atoms with Crippen molar-refractivity contribution in [1.29, 1.82) is 0 Å². The molecule has 164 valence electrons. The van der Waals surface area contributed by atoms with E-state index >= 15 is 0 Å². The van der Waals surface area contributed by atoms with Gasteiger partial charge >= 0.3 is 0 Å². The van der Waals surface area contributed by atoms with Crippen LogP contribution in [0.3, 0.4) is 0 Å². The van der Waals surface area contributed by atoms with Gasteiger partial charge in [0.25, 0.3) is 0 Å². The fraction of sp³-hybridized carbons (Fsp3) is 0.0714. The number of nitrogens with one attached hydrogen (secondary N) is 1. The summed E-state index contributed by atoms with van der Waals surface area (Å²) in [5, 5.41) is 16.8. The number of anilines is 1. The van der Waals surface area contributed by atoms with Crippen LogP contribution in [0.2, 0.25) is 0 Å². The van der Waals surface area contributed by atoms with E-state index in [0.29, 0.717) is 12.2 Å². The fourth-order valence-electron chi connectivity index (χ4n) is 4.72. The largest absolute Gasteiger partial charge is 0.326 e. The average molecular weight is 444 g/mol. The van der Waals surface area contributed by atoms with Gasteiger partial charge in [-0.25, -0.2) is 0 Å². The molecule has 1 amide bonds. The Hall–Kier alpha value is -4.58. The first-order valence-corrected chi connectivity index (χ1v) is 11.2. The number of nitrogens with zero attached hydrogens (tertiary/aromatic N) is 4. The Kier molecular flexibility index (Phi) is 4.77. The maximum atomic E-state index is 11.8. The molecule has 0 atom stereocenters. The number of aromatic nitrogens is 4. The minimum absolute atomic E-state index is 0.0000123. The van der Waals surface area contributed by atoms with Gasteiger partial charge in [0, 0.05) is 11.3 Å². The van der Waals surface area contributed by atoms with E-state index in [1.165, 1.54) is 0 Å². The van der Waals surface area contributed by atoms with Gasteiger partial charge in [-0.15, -0.1) is 15.0 Å². The number of tetrazole rings is 1. The molecule has 5 aromatic rings. The molecule has 1 aromatic heterocycles. The topological polar surface area (TPSA) is 72.7 Å². The van der Waals surface area contributed by atoms with Crippen molar-refractivity contribution >= 4 is 11.6 Å². The summed E-state index contributed by atoms with van der Waals surface area (Å²) in [5.74, 6) is 0.509. The van der Waals surface area contributed by atoms with E-state index in [4.69, 9.17) is 5.10 Å². The van der Waals surface area contributed by atoms with E-state index in [1.54, 1.807) is 4.80 Å². The van der Waals surface area contributed by atoms with Crippen LogP contribution >= 0.6 is 0 Å². The normalized spacial score (nSPS) is 12.9. The van der Waals surface area contributed by atoms with E-state index in [9.17, 15) is 4.79 Å². The van der Waals surface area contributed by atoms with E-state index in [2.05, 4.69) is 52.0 Å². The Labute approximate surface area is 196 Å². The van der Waals surface area contributed by atoms with Gasteiger partial charge in [0.05, 0.1) is 6.42 Å². The molecular formula is C28H21N5O. The van der Waals surface area contributed by atoms with Gasteiger partial charge in [0.1, 0.15) is 0 Å². The number of amides is 1. The molecule has 34 heavy (non-hydrogen) atoms. The quantitative estimate of drug-likeness (QED) is 0.401. The second kappa shape index (κ2) is 8.08. The Bertz CT molecular complexity index is 1370. The number of hydrogen-bond acceptors (Lipinski definition) is 4. The summed E-state index contributed by atoms with van der Waals surface area (Å²) < 4.78 is 0. The molecule has 6 heteroatoms. The number of hydrogen-bond donors (Lipinski definition) is 1. The second-order valence-corrected chi connectivity index (χ2v) is 8.31. The van der Waals surface area contributed by atoms with E-state index < -0.39 is 5.54 Å². The highest BCUT2D eigenvalue weighted by Gasteiger charge is 2.41. The third kappa shape index (κ3) is 3.19. The molecule has 4 aromatic carbocycles. The molecule has 6 nitrogen and oxygen atoms in total. The summed E-state index contributed by atoms with van der Waals surface area (Å²) in [7, 11) is 0. The summed E-state index contributed by atoms with van der Waals surface area (Å²) in [6.45, 7) is 0. The number of carbonyl (C=O) groups is 1. The van der Waals surface area contributed by atoms with Gasteiger partial charge in [0.2, 0.25) is 11.7 Å². The highest BCUT2D eigenvalue weighted by Crippen LogP contribution is 2.40. The standard InChI is InChI=1S/C28H21N5O/c34-26-19-21-18-20(16-17-25(21)29-26)27-30-32-33(31-27)28(22-10-4-1-5-11-22,23-12-6-2-7-13-23)24-14-8-3-9-15-24/h1-18H,19H2,(H,29,34). The van der Waals surface area contributed by atoms with Crippen LogP contribution in [0.1, 0.15) is 22.3 Å². The van der Waals surface area contributed by atoms with Crippen molar-refractivity contribution in [2.24, 2.45) is 0 Å². The van der Waals surface area contributed by atoms with Crippen LogP contribution in [0.25, 0.3) is 11.4 Å². The van der Waals surface area contributed by atoms with Crippen molar-refractivity contribution in [1.82, 2.24) is 20.2 Å². The van der Waals surface area contributed by atoms with Crippen LogP contribution in [0, 0.1) is 0 Å². The van der Waals surface area contributed by atoms with Gasteiger partial charge in [-0.2, -0.15) is 0 Å². The Morgan fingerprint density at radius 2 is 1.29 bits per heavy atom. The van der Waals surface area contributed by atoms with Crippen LogP contribution in [0.15, 0.2) is 109 Å². The first kappa shape index (κ1) is 20.1. The van der Waals surface area contributed by atoms with Gasteiger partial charge in [-0.3, -0.25) is 4.79 Å². The molecule has 0 saturated carbocycles. The number of fused-ring (bicyclic) bond motifs is 1. The molecule has 0 unspecified atom stereocenters. The summed E-state index contributed by atoms with van der Waals surface area (Å²) >= 11 is 0. The lowest BCUT2D eigenvalue weighted by atomic mass is 9.77. The molecule has 0 spiro atoms. The van der Waals surface area contributed by atoms with Crippen molar-refractivity contribution in [2.45, 2.75) is 12.0 Å². The third-order valence-electron chi connectivity index (χ3n) is 6.28. The molecule has 0 bridgehead atoms. The second-order valence-electron chi connectivity index (χ2n) is 8.31. The summed E-state index contributed by atoms with van der Waals surface area (Å²) in [6, 6.07) is 36.5. The first-order chi connectivity index (χ1) is 16.7. The minimum atomic E-state index is -0.816. The molecule has 0 fully saturated rings. The maximum absolute atomic E-state index is 11.8. The van der Waals surface area contributed by atoms with Gasteiger partial charge in [0.15, 0.2) is 5.54 Å². The molecule has 1 aliphatic rings. The fourth-order valence-corrected chi connectivity index (χ4v) is 4.72. The van der Waals surface area contributed by atoms with E-state index in [0.717, 1.165) is 33.5 Å². The smallest absolute Gasteiger partial charge is 0.228 e. The molecule has 0 aliphatic carbocycles. The predicted octanol–water partition coefficient (Wildman–Crippen LogP) is 4.67. The highest BCUT2D eigenvalue weighted by atomic mass is 16.1. The Morgan fingerprint density at radius 1 is 0.735 bits per heavy atom. The molecule has 1 aliphatic heterocycles. The monoisotopic (exact) mass is 443 g/mol. The van der Waals surface area contributed by atoms with Crippen LogP contribution in [-0.4, -0.2) is 26.1 Å². The number of benzene rings is 4. The first-order valence-electron chi connectivity index (χ1n) is 11.2. The lowest BCUT2D eigenvalue weighted by Crippen LogP contribution is -2.39. The zero-order chi connectivity index (χ0) is 23.0. The van der Waals surface area contributed by atoms with E-state index in [-0.39, 0.29) is 5.91 Å². The molecule has 6 rings (SSSR count). The van der Waals surface area contributed by atoms with Gasteiger partial charge in [-0.05, 0) is 45.7 Å². The number of carbonyl (C=O) groups excluding carboxylic acids is 1. The van der Waals surface area contributed by atoms with Gasteiger partial charge < -0.3 is 5.32 Å².